The lowest BCUT2D eigenvalue weighted by atomic mass is 10.0. The van der Waals surface area contributed by atoms with Crippen molar-refractivity contribution in [2.75, 3.05) is 17.4 Å². The summed E-state index contributed by atoms with van der Waals surface area (Å²) in [5, 5.41) is 0. The van der Waals surface area contributed by atoms with Gasteiger partial charge in [0.05, 0.1) is 10.6 Å². The fourth-order valence-electron chi connectivity index (χ4n) is 4.42. The van der Waals surface area contributed by atoms with Crippen LogP contribution in [0.5, 0.6) is 0 Å². The van der Waals surface area contributed by atoms with Gasteiger partial charge in [0.2, 0.25) is 0 Å². The Kier molecular flexibility index (Phi) is 7.15. The molecule has 0 atom stereocenters. The van der Waals surface area contributed by atoms with Crippen molar-refractivity contribution < 1.29 is 12.8 Å². The van der Waals surface area contributed by atoms with Crippen molar-refractivity contribution in [3.05, 3.63) is 95.8 Å². The summed E-state index contributed by atoms with van der Waals surface area (Å²) in [7, 11) is -3.76. The minimum atomic E-state index is -3.76. The lowest BCUT2D eigenvalue weighted by Crippen LogP contribution is -2.47. The summed E-state index contributed by atoms with van der Waals surface area (Å²) < 4.78 is 42.3. The molecule has 1 heterocycles. The van der Waals surface area contributed by atoms with E-state index in [1.54, 1.807) is 42.5 Å². The van der Waals surface area contributed by atoms with E-state index in [2.05, 4.69) is 43.0 Å². The van der Waals surface area contributed by atoms with Gasteiger partial charge in [-0.2, -0.15) is 0 Å². The third-order valence-corrected chi connectivity index (χ3v) is 8.22. The van der Waals surface area contributed by atoms with Gasteiger partial charge in [-0.25, -0.2) is 12.8 Å². The first-order chi connectivity index (χ1) is 15.8. The molecule has 33 heavy (non-hydrogen) atoms. The number of benzene rings is 3. The second-order valence-electron chi connectivity index (χ2n) is 8.99. The Morgan fingerprint density at radius 3 is 2.09 bits per heavy atom. The van der Waals surface area contributed by atoms with Gasteiger partial charge in [-0.3, -0.25) is 9.21 Å². The van der Waals surface area contributed by atoms with Gasteiger partial charge >= 0.3 is 0 Å². The van der Waals surface area contributed by atoms with E-state index >= 15 is 0 Å². The molecule has 0 unspecified atom stereocenters. The summed E-state index contributed by atoms with van der Waals surface area (Å²) >= 11 is 0. The molecule has 0 amide bonds. The maximum absolute atomic E-state index is 13.6. The molecular weight excluding hydrogens is 435 g/mol. The zero-order chi connectivity index (χ0) is 23.4. The number of sulfonamides is 1. The minimum absolute atomic E-state index is 0.180. The molecular formula is C27H31FN2O2S. The van der Waals surface area contributed by atoms with Gasteiger partial charge in [-0.15, -0.1) is 0 Å². The first-order valence-corrected chi connectivity index (χ1v) is 12.9. The Balaban J connectivity index is 1.51. The number of halogens is 1. The quantitative estimate of drug-likeness (QED) is 0.441. The molecule has 6 heteroatoms. The highest BCUT2D eigenvalue weighted by atomic mass is 32.2. The predicted molar refractivity (Wildman–Crippen MR) is 131 cm³/mol. The van der Waals surface area contributed by atoms with Crippen LogP contribution in [0.25, 0.3) is 0 Å². The highest BCUT2D eigenvalue weighted by Gasteiger charge is 2.34. The summed E-state index contributed by atoms with van der Waals surface area (Å²) in [6.45, 7) is 6.84. The first-order valence-electron chi connectivity index (χ1n) is 11.5. The van der Waals surface area contributed by atoms with Crippen LogP contribution in [0.3, 0.4) is 0 Å². The van der Waals surface area contributed by atoms with Crippen LogP contribution < -0.4 is 4.31 Å². The molecule has 1 fully saturated rings. The standard InChI is InChI=1S/C27H31FN2O2S/c1-21(2)23-10-8-22(9-11-23)20-29-18-16-26(17-19-29)30(25-14-12-24(28)13-15-25)33(31,32)27-6-4-3-5-7-27/h3-15,21,26H,16-20H2,1-2H3. The number of hydrogen-bond donors (Lipinski definition) is 0. The molecule has 4 rings (SSSR count). The molecule has 1 aliphatic heterocycles. The van der Waals surface area contributed by atoms with Gasteiger partial charge in [0, 0.05) is 25.7 Å². The molecule has 0 saturated carbocycles. The molecule has 0 aliphatic carbocycles. The number of piperidine rings is 1. The van der Waals surface area contributed by atoms with Crippen LogP contribution in [0.2, 0.25) is 0 Å². The van der Waals surface area contributed by atoms with E-state index < -0.39 is 10.0 Å². The average molecular weight is 467 g/mol. The Labute approximate surface area is 196 Å². The van der Waals surface area contributed by atoms with Crippen LogP contribution in [0.1, 0.15) is 43.7 Å². The minimum Gasteiger partial charge on any atom is -0.299 e. The summed E-state index contributed by atoms with van der Waals surface area (Å²) in [6, 6.07) is 22.8. The van der Waals surface area contributed by atoms with Gasteiger partial charge < -0.3 is 0 Å². The lowest BCUT2D eigenvalue weighted by Gasteiger charge is -2.39. The fourth-order valence-corrected chi connectivity index (χ4v) is 6.15. The smallest absolute Gasteiger partial charge is 0.264 e. The van der Waals surface area contributed by atoms with Gasteiger partial charge in [0.25, 0.3) is 10.0 Å². The molecule has 3 aromatic rings. The fraction of sp³-hybridized carbons (Fsp3) is 0.333. The van der Waals surface area contributed by atoms with Crippen molar-refractivity contribution in [2.24, 2.45) is 0 Å². The highest BCUT2D eigenvalue weighted by Crippen LogP contribution is 2.31. The van der Waals surface area contributed by atoms with E-state index in [4.69, 9.17) is 0 Å². The van der Waals surface area contributed by atoms with Gasteiger partial charge in [-0.05, 0) is 66.3 Å². The van der Waals surface area contributed by atoms with Gasteiger partial charge in [0.1, 0.15) is 5.82 Å². The molecule has 0 aromatic heterocycles. The van der Waals surface area contributed by atoms with E-state index in [1.807, 2.05) is 0 Å². The molecule has 3 aromatic carbocycles. The molecule has 1 saturated heterocycles. The van der Waals surface area contributed by atoms with Crippen LogP contribution in [0.4, 0.5) is 10.1 Å². The number of nitrogens with zero attached hydrogens (tertiary/aromatic N) is 2. The summed E-state index contributed by atoms with van der Waals surface area (Å²) in [5.74, 6) is 0.132. The van der Waals surface area contributed by atoms with Crippen LogP contribution in [-0.4, -0.2) is 32.4 Å². The molecule has 0 radical (unpaired) electrons. The highest BCUT2D eigenvalue weighted by molar-refractivity contribution is 7.92. The summed E-state index contributed by atoms with van der Waals surface area (Å²) in [4.78, 5) is 2.63. The van der Waals surface area contributed by atoms with Crippen molar-refractivity contribution in [1.29, 1.82) is 0 Å². The van der Waals surface area contributed by atoms with E-state index in [0.29, 0.717) is 24.4 Å². The Morgan fingerprint density at radius 1 is 0.909 bits per heavy atom. The Morgan fingerprint density at radius 2 is 1.52 bits per heavy atom. The molecule has 0 spiro atoms. The largest absolute Gasteiger partial charge is 0.299 e. The number of likely N-dealkylation sites (tertiary alicyclic amines) is 1. The van der Waals surface area contributed by atoms with Crippen LogP contribution in [-0.2, 0) is 16.6 Å². The number of rotatable bonds is 7. The summed E-state index contributed by atoms with van der Waals surface area (Å²) in [5.41, 5.74) is 3.10. The van der Waals surface area contributed by atoms with E-state index in [1.165, 1.54) is 27.6 Å². The maximum atomic E-state index is 13.6. The first kappa shape index (κ1) is 23.5. The second kappa shape index (κ2) is 10.1. The van der Waals surface area contributed by atoms with E-state index in [-0.39, 0.29) is 16.8 Å². The predicted octanol–water partition coefficient (Wildman–Crippen LogP) is 5.81. The third-order valence-electron chi connectivity index (χ3n) is 6.32. The normalized spacial score (nSPS) is 15.6. The van der Waals surface area contributed by atoms with Gasteiger partial charge in [0.15, 0.2) is 0 Å². The zero-order valence-electron chi connectivity index (χ0n) is 19.2. The van der Waals surface area contributed by atoms with Crippen molar-refractivity contribution in [1.82, 2.24) is 4.90 Å². The Bertz CT molecular complexity index is 1140. The molecule has 0 bridgehead atoms. The van der Waals surface area contributed by atoms with Crippen molar-refractivity contribution >= 4 is 15.7 Å². The second-order valence-corrected chi connectivity index (χ2v) is 10.8. The molecule has 0 N–H and O–H groups in total. The lowest BCUT2D eigenvalue weighted by molar-refractivity contribution is 0.206. The molecule has 4 nitrogen and oxygen atoms in total. The van der Waals surface area contributed by atoms with E-state index in [0.717, 1.165) is 19.6 Å². The number of hydrogen-bond acceptors (Lipinski definition) is 3. The number of anilines is 1. The van der Waals surface area contributed by atoms with Crippen molar-refractivity contribution in [2.45, 2.75) is 50.1 Å². The Hall–Kier alpha value is -2.70. The van der Waals surface area contributed by atoms with Crippen molar-refractivity contribution in [3.63, 3.8) is 0 Å². The summed E-state index contributed by atoms with van der Waals surface area (Å²) in [6.07, 6.45) is 1.43. The maximum Gasteiger partial charge on any atom is 0.264 e. The van der Waals surface area contributed by atoms with Crippen LogP contribution in [0, 0.1) is 5.82 Å². The average Bonchev–Trinajstić information content (AvgIpc) is 2.82. The SMILES string of the molecule is CC(C)c1ccc(CN2CCC(N(c3ccc(F)cc3)S(=O)(=O)c3ccccc3)CC2)cc1. The molecule has 174 valence electrons. The third kappa shape index (κ3) is 5.45. The van der Waals surface area contributed by atoms with Crippen LogP contribution >= 0.6 is 0 Å². The zero-order valence-corrected chi connectivity index (χ0v) is 20.0. The molecule has 1 aliphatic rings. The van der Waals surface area contributed by atoms with Crippen molar-refractivity contribution in [3.8, 4) is 0 Å². The van der Waals surface area contributed by atoms with Crippen LogP contribution in [0.15, 0.2) is 83.8 Å². The topological polar surface area (TPSA) is 40.6 Å². The van der Waals surface area contributed by atoms with E-state index in [9.17, 15) is 12.8 Å². The monoisotopic (exact) mass is 466 g/mol. The van der Waals surface area contributed by atoms with Gasteiger partial charge in [-0.1, -0.05) is 56.3 Å².